The molecule has 5 nitrogen and oxygen atoms in total. The first kappa shape index (κ1) is 19.9. The topological polar surface area (TPSA) is 72.2 Å². The van der Waals surface area contributed by atoms with E-state index in [0.717, 1.165) is 11.8 Å². The summed E-state index contributed by atoms with van der Waals surface area (Å²) in [5.74, 6) is -1.02. The molecule has 0 bridgehead atoms. The second-order valence-corrected chi connectivity index (χ2v) is 7.38. The molecule has 3 aromatic rings. The fraction of sp³-hybridized carbons (Fsp3) is 0.0500. The van der Waals surface area contributed by atoms with E-state index in [4.69, 9.17) is 11.6 Å². The average molecular weight is 417 g/mol. The van der Waals surface area contributed by atoms with E-state index >= 15 is 0 Å². The van der Waals surface area contributed by atoms with Crippen molar-refractivity contribution >= 4 is 40.6 Å². The van der Waals surface area contributed by atoms with E-state index in [1.54, 1.807) is 37.3 Å². The molecular weight excluding hydrogens is 403 g/mol. The van der Waals surface area contributed by atoms with Crippen LogP contribution in [0.4, 0.5) is 15.8 Å². The second-order valence-electron chi connectivity index (χ2n) is 5.89. The zero-order chi connectivity index (χ0) is 20.3. The second kappa shape index (κ2) is 8.41. The Bertz CT molecular complexity index is 1080. The fourth-order valence-electron chi connectivity index (χ4n) is 2.41. The number of anilines is 1. The van der Waals surface area contributed by atoms with Crippen LogP contribution in [0.3, 0.4) is 0 Å². The third kappa shape index (κ3) is 4.49. The Morgan fingerprint density at radius 2 is 1.86 bits per heavy atom. The summed E-state index contributed by atoms with van der Waals surface area (Å²) in [6.07, 6.45) is 0. The van der Waals surface area contributed by atoms with E-state index in [9.17, 15) is 19.3 Å². The molecule has 0 aliphatic carbocycles. The summed E-state index contributed by atoms with van der Waals surface area (Å²) in [5, 5.41) is 14.5. The Morgan fingerprint density at radius 3 is 2.54 bits per heavy atom. The monoisotopic (exact) mass is 416 g/mol. The highest BCUT2D eigenvalue weighted by Crippen LogP contribution is 2.38. The number of nitro benzene ring substituents is 1. The number of rotatable bonds is 5. The number of halogens is 2. The van der Waals surface area contributed by atoms with Crippen LogP contribution in [-0.4, -0.2) is 10.8 Å². The number of nitro groups is 1. The van der Waals surface area contributed by atoms with Crippen molar-refractivity contribution in [2.75, 3.05) is 5.32 Å². The molecule has 0 fully saturated rings. The molecule has 8 heteroatoms. The van der Waals surface area contributed by atoms with Gasteiger partial charge in [0.05, 0.1) is 14.8 Å². The van der Waals surface area contributed by atoms with E-state index in [0.29, 0.717) is 20.4 Å². The van der Waals surface area contributed by atoms with Crippen LogP contribution in [0, 0.1) is 22.9 Å². The Morgan fingerprint density at radius 1 is 1.11 bits per heavy atom. The zero-order valence-corrected chi connectivity index (χ0v) is 16.2. The molecule has 0 aliphatic heterocycles. The van der Waals surface area contributed by atoms with Gasteiger partial charge in [0.25, 0.3) is 11.6 Å². The Balaban J connectivity index is 1.87. The van der Waals surface area contributed by atoms with Crippen molar-refractivity contribution in [2.45, 2.75) is 16.7 Å². The maximum atomic E-state index is 13.6. The summed E-state index contributed by atoms with van der Waals surface area (Å²) in [5.41, 5.74) is 0.601. The summed E-state index contributed by atoms with van der Waals surface area (Å²) in [6.45, 7) is 1.61. The van der Waals surface area contributed by atoms with Gasteiger partial charge in [0.2, 0.25) is 0 Å². The van der Waals surface area contributed by atoms with E-state index < -0.39 is 16.6 Å². The molecule has 28 heavy (non-hydrogen) atoms. The lowest BCUT2D eigenvalue weighted by Gasteiger charge is -2.09. The van der Waals surface area contributed by atoms with Crippen LogP contribution in [0.15, 0.2) is 70.5 Å². The summed E-state index contributed by atoms with van der Waals surface area (Å²) in [4.78, 5) is 24.4. The first-order valence-electron chi connectivity index (χ1n) is 8.13. The van der Waals surface area contributed by atoms with Gasteiger partial charge in [-0.05, 0) is 48.9 Å². The number of benzene rings is 3. The maximum absolute atomic E-state index is 13.6. The molecule has 1 N–H and O–H groups in total. The van der Waals surface area contributed by atoms with E-state index in [1.807, 2.05) is 0 Å². The Kier molecular flexibility index (Phi) is 5.96. The zero-order valence-electron chi connectivity index (χ0n) is 14.6. The van der Waals surface area contributed by atoms with E-state index in [-0.39, 0.29) is 16.9 Å². The lowest BCUT2D eigenvalue weighted by Crippen LogP contribution is -2.12. The summed E-state index contributed by atoms with van der Waals surface area (Å²) in [6, 6.07) is 15.5. The number of nitrogens with zero attached hydrogens (tertiary/aromatic N) is 1. The highest BCUT2D eigenvalue weighted by atomic mass is 35.5. The van der Waals surface area contributed by atoms with Gasteiger partial charge in [-0.3, -0.25) is 14.9 Å². The molecule has 0 saturated heterocycles. The highest BCUT2D eigenvalue weighted by molar-refractivity contribution is 7.99. The van der Waals surface area contributed by atoms with Gasteiger partial charge in [-0.1, -0.05) is 41.6 Å². The Labute approximate surface area is 169 Å². The first-order chi connectivity index (χ1) is 13.3. The average Bonchev–Trinajstić information content (AvgIpc) is 2.66. The minimum atomic E-state index is -0.569. The predicted molar refractivity (Wildman–Crippen MR) is 108 cm³/mol. The van der Waals surface area contributed by atoms with Gasteiger partial charge in [-0.15, -0.1) is 0 Å². The Hall–Kier alpha value is -2.90. The lowest BCUT2D eigenvalue weighted by atomic mass is 10.1. The van der Waals surface area contributed by atoms with E-state index in [2.05, 4.69) is 5.32 Å². The van der Waals surface area contributed by atoms with Crippen LogP contribution in [0.2, 0.25) is 5.02 Å². The van der Waals surface area contributed by atoms with Crippen molar-refractivity contribution in [1.82, 2.24) is 0 Å². The van der Waals surface area contributed by atoms with Crippen molar-refractivity contribution in [1.29, 1.82) is 0 Å². The highest BCUT2D eigenvalue weighted by Gasteiger charge is 2.19. The minimum Gasteiger partial charge on any atom is -0.322 e. The molecule has 142 valence electrons. The number of amides is 1. The summed E-state index contributed by atoms with van der Waals surface area (Å²) in [7, 11) is 0. The third-order valence-electron chi connectivity index (χ3n) is 3.90. The number of carbonyl (C=O) groups excluding carboxylic acids is 1. The summed E-state index contributed by atoms with van der Waals surface area (Å²) >= 11 is 7.26. The van der Waals surface area contributed by atoms with Crippen LogP contribution >= 0.6 is 23.4 Å². The van der Waals surface area contributed by atoms with Crippen molar-refractivity contribution in [2.24, 2.45) is 0 Å². The number of hydrogen-bond acceptors (Lipinski definition) is 4. The van der Waals surface area contributed by atoms with Crippen LogP contribution in [0.1, 0.15) is 15.9 Å². The molecule has 3 rings (SSSR count). The standard InChI is InChI=1S/C20H14ClFN2O3S/c1-12-6-8-14(11-16(12)22)23-20(25)13-7-9-19(17(10-13)24(26)27)28-18-5-3-2-4-15(18)21/h2-11H,1H3,(H,23,25). The maximum Gasteiger partial charge on any atom is 0.284 e. The molecule has 0 heterocycles. The number of carbonyl (C=O) groups is 1. The van der Waals surface area contributed by atoms with Crippen molar-refractivity contribution in [3.63, 3.8) is 0 Å². The quantitative estimate of drug-likeness (QED) is 0.403. The molecule has 0 spiro atoms. The largest absolute Gasteiger partial charge is 0.322 e. The molecule has 1 amide bonds. The predicted octanol–water partition coefficient (Wildman–Crippen LogP) is 6.10. The van der Waals surface area contributed by atoms with Gasteiger partial charge in [-0.2, -0.15) is 0 Å². The van der Waals surface area contributed by atoms with Gasteiger partial charge >= 0.3 is 0 Å². The molecule has 3 aromatic carbocycles. The molecule has 0 aromatic heterocycles. The fourth-order valence-corrected chi connectivity index (χ4v) is 3.58. The molecular formula is C20H14ClFN2O3S. The minimum absolute atomic E-state index is 0.0937. The first-order valence-corrected chi connectivity index (χ1v) is 9.33. The summed E-state index contributed by atoms with van der Waals surface area (Å²) < 4.78 is 13.6. The van der Waals surface area contributed by atoms with Crippen molar-refractivity contribution in [3.05, 3.63) is 92.7 Å². The third-order valence-corrected chi connectivity index (χ3v) is 5.49. The number of nitrogens with one attached hydrogen (secondary N) is 1. The van der Waals surface area contributed by atoms with Crippen molar-refractivity contribution in [3.8, 4) is 0 Å². The molecule has 0 radical (unpaired) electrons. The van der Waals surface area contributed by atoms with Crippen molar-refractivity contribution < 1.29 is 14.1 Å². The molecule has 0 unspecified atom stereocenters. The number of hydrogen-bond donors (Lipinski definition) is 1. The van der Waals surface area contributed by atoms with Crippen LogP contribution < -0.4 is 5.32 Å². The van der Waals surface area contributed by atoms with Gasteiger partial charge in [-0.25, -0.2) is 4.39 Å². The van der Waals surface area contributed by atoms with Crippen LogP contribution in [-0.2, 0) is 0 Å². The van der Waals surface area contributed by atoms with Crippen LogP contribution in [0.5, 0.6) is 0 Å². The normalized spacial score (nSPS) is 10.5. The number of aryl methyl sites for hydroxylation is 1. The van der Waals surface area contributed by atoms with Gasteiger partial charge in [0.1, 0.15) is 5.82 Å². The lowest BCUT2D eigenvalue weighted by molar-refractivity contribution is -0.387. The van der Waals surface area contributed by atoms with Crippen LogP contribution in [0.25, 0.3) is 0 Å². The molecule has 0 saturated carbocycles. The molecule has 0 aliphatic rings. The SMILES string of the molecule is Cc1ccc(NC(=O)c2ccc(Sc3ccccc3Cl)c([N+](=O)[O-])c2)cc1F. The smallest absolute Gasteiger partial charge is 0.284 e. The van der Waals surface area contributed by atoms with Gasteiger partial charge in [0.15, 0.2) is 0 Å². The van der Waals surface area contributed by atoms with Gasteiger partial charge in [0, 0.05) is 22.2 Å². The van der Waals surface area contributed by atoms with E-state index in [1.165, 1.54) is 30.3 Å². The van der Waals surface area contributed by atoms with Gasteiger partial charge < -0.3 is 5.32 Å². The molecule has 0 atom stereocenters.